The molecule has 0 N–H and O–H groups in total. The Hall–Kier alpha value is -1.76. The second-order valence-electron chi connectivity index (χ2n) is 6.82. The molecular formula is C19H23BrFNO4. The molecule has 1 saturated heterocycles. The Labute approximate surface area is 161 Å². The summed E-state index contributed by atoms with van der Waals surface area (Å²) in [4.78, 5) is 39.0. The number of Topliss-reactive ketones (excluding diaryl/α,β-unsaturated/α-hetero) is 1. The van der Waals surface area contributed by atoms with Gasteiger partial charge in [-0.3, -0.25) is 9.59 Å². The number of likely N-dealkylation sites (tertiary alicyclic amines) is 1. The highest BCUT2D eigenvalue weighted by atomic mass is 79.9. The van der Waals surface area contributed by atoms with E-state index in [0.717, 1.165) is 6.42 Å². The number of amides is 1. The first kappa shape index (κ1) is 20.6. The highest BCUT2D eigenvalue weighted by Crippen LogP contribution is 2.27. The summed E-state index contributed by atoms with van der Waals surface area (Å²) in [6, 6.07) is 3.59. The summed E-state index contributed by atoms with van der Waals surface area (Å²) in [5.74, 6) is -2.13. The number of nitrogens with zero attached hydrogens (tertiary/aromatic N) is 1. The number of benzene rings is 1. The Balaban J connectivity index is 2.17. The fourth-order valence-electron chi connectivity index (χ4n) is 3.22. The first-order valence-electron chi connectivity index (χ1n) is 8.62. The van der Waals surface area contributed by atoms with Gasteiger partial charge in [-0.25, -0.2) is 9.18 Å². The zero-order valence-electron chi connectivity index (χ0n) is 15.1. The van der Waals surface area contributed by atoms with E-state index in [4.69, 9.17) is 4.74 Å². The molecule has 1 aliphatic rings. The van der Waals surface area contributed by atoms with Crippen LogP contribution in [-0.4, -0.2) is 42.3 Å². The molecule has 1 heterocycles. The van der Waals surface area contributed by atoms with Crippen molar-refractivity contribution in [1.82, 2.24) is 4.90 Å². The molecule has 1 aromatic rings. The maximum Gasteiger partial charge on any atom is 0.328 e. The molecule has 0 aromatic heterocycles. The monoisotopic (exact) mass is 427 g/mol. The van der Waals surface area contributed by atoms with Gasteiger partial charge < -0.3 is 9.64 Å². The lowest BCUT2D eigenvalue weighted by Gasteiger charge is -2.29. The van der Waals surface area contributed by atoms with Crippen LogP contribution < -0.4 is 0 Å². The van der Waals surface area contributed by atoms with Crippen molar-refractivity contribution in [3.8, 4) is 0 Å². The van der Waals surface area contributed by atoms with Crippen molar-refractivity contribution >= 4 is 33.6 Å². The van der Waals surface area contributed by atoms with Crippen LogP contribution in [0.2, 0.25) is 0 Å². The summed E-state index contributed by atoms with van der Waals surface area (Å²) in [6.45, 7) is 4.20. The first-order chi connectivity index (χ1) is 12.3. The van der Waals surface area contributed by atoms with Crippen LogP contribution in [0.3, 0.4) is 0 Å². The highest BCUT2D eigenvalue weighted by molar-refractivity contribution is 9.10. The molecule has 0 saturated carbocycles. The van der Waals surface area contributed by atoms with E-state index >= 15 is 0 Å². The van der Waals surface area contributed by atoms with Crippen molar-refractivity contribution in [2.24, 2.45) is 11.8 Å². The largest absolute Gasteiger partial charge is 0.467 e. The molecule has 0 unspecified atom stereocenters. The summed E-state index contributed by atoms with van der Waals surface area (Å²) in [6.07, 6.45) is 1.26. The Morgan fingerprint density at radius 2 is 2.04 bits per heavy atom. The number of ether oxygens (including phenoxy) is 1. The first-order valence-corrected chi connectivity index (χ1v) is 9.42. The normalized spacial score (nSPS) is 18.1. The zero-order valence-corrected chi connectivity index (χ0v) is 16.7. The van der Waals surface area contributed by atoms with Gasteiger partial charge in [-0.2, -0.15) is 0 Å². The van der Waals surface area contributed by atoms with Gasteiger partial charge >= 0.3 is 5.97 Å². The van der Waals surface area contributed by atoms with Gasteiger partial charge in [-0.1, -0.05) is 19.9 Å². The van der Waals surface area contributed by atoms with Crippen molar-refractivity contribution in [3.05, 3.63) is 34.1 Å². The number of hydrogen-bond donors (Lipinski definition) is 0. The molecule has 2 rings (SSSR count). The smallest absolute Gasteiger partial charge is 0.328 e. The third-order valence-electron chi connectivity index (χ3n) is 4.78. The number of hydrogen-bond acceptors (Lipinski definition) is 4. The number of carbonyl (C=O) groups is 3. The Kier molecular flexibility index (Phi) is 6.92. The molecule has 7 heteroatoms. The number of halogens is 2. The third-order valence-corrected chi connectivity index (χ3v) is 5.42. The fraction of sp³-hybridized carbons (Fsp3) is 0.526. The average molecular weight is 428 g/mol. The number of esters is 1. The molecule has 142 valence electrons. The van der Waals surface area contributed by atoms with Gasteiger partial charge in [0.25, 0.3) is 0 Å². The van der Waals surface area contributed by atoms with Crippen LogP contribution in [0, 0.1) is 17.7 Å². The van der Waals surface area contributed by atoms with Crippen molar-refractivity contribution in [1.29, 1.82) is 0 Å². The molecule has 1 aliphatic heterocycles. The van der Waals surface area contributed by atoms with Crippen LogP contribution in [0.25, 0.3) is 0 Å². The molecule has 1 aromatic carbocycles. The zero-order chi connectivity index (χ0) is 19.4. The minimum atomic E-state index is -0.589. The van der Waals surface area contributed by atoms with Gasteiger partial charge in [-0.15, -0.1) is 0 Å². The van der Waals surface area contributed by atoms with Crippen LogP contribution >= 0.6 is 15.9 Å². The number of methoxy groups -OCH3 is 1. The van der Waals surface area contributed by atoms with Gasteiger partial charge in [0.1, 0.15) is 11.9 Å². The van der Waals surface area contributed by atoms with E-state index in [9.17, 15) is 18.8 Å². The van der Waals surface area contributed by atoms with E-state index in [1.165, 1.54) is 30.2 Å². The molecule has 5 nitrogen and oxygen atoms in total. The summed E-state index contributed by atoms with van der Waals surface area (Å²) in [5, 5.41) is 0. The maximum atomic E-state index is 13.7. The quantitative estimate of drug-likeness (QED) is 0.513. The lowest BCUT2D eigenvalue weighted by molar-refractivity contribution is -0.152. The lowest BCUT2D eigenvalue weighted by Crippen LogP contribution is -2.45. The minimum absolute atomic E-state index is 0.0258. The molecule has 2 atom stereocenters. The van der Waals surface area contributed by atoms with Gasteiger partial charge in [0, 0.05) is 24.4 Å². The van der Waals surface area contributed by atoms with Crippen molar-refractivity contribution in [3.63, 3.8) is 0 Å². The minimum Gasteiger partial charge on any atom is -0.467 e. The second-order valence-corrected chi connectivity index (χ2v) is 7.67. The molecular weight excluding hydrogens is 405 g/mol. The number of ketones is 1. The van der Waals surface area contributed by atoms with E-state index < -0.39 is 23.7 Å². The van der Waals surface area contributed by atoms with Crippen LogP contribution in [0.4, 0.5) is 4.39 Å². The molecule has 0 spiro atoms. The number of rotatable bonds is 6. The van der Waals surface area contributed by atoms with Crippen molar-refractivity contribution in [2.45, 2.75) is 39.2 Å². The molecule has 26 heavy (non-hydrogen) atoms. The van der Waals surface area contributed by atoms with Gasteiger partial charge in [-0.05, 0) is 46.8 Å². The maximum absolute atomic E-state index is 13.7. The molecule has 0 bridgehead atoms. The average Bonchev–Trinajstić information content (AvgIpc) is 3.10. The van der Waals surface area contributed by atoms with E-state index in [1.807, 2.05) is 13.8 Å². The standard InChI is InChI=1S/C19H23BrFNO4/c1-11(2)13(10-17(23)12-6-7-14(20)15(21)9-12)18(24)22-8-4-5-16(22)19(25)26-3/h6-7,9,11,13,16H,4-5,8,10H2,1-3H3/t13-,16-/m0/s1. The van der Waals surface area contributed by atoms with Crippen LogP contribution in [0.5, 0.6) is 0 Å². The molecule has 1 fully saturated rings. The Morgan fingerprint density at radius 3 is 2.62 bits per heavy atom. The second kappa shape index (κ2) is 8.75. The summed E-state index contributed by atoms with van der Waals surface area (Å²) in [7, 11) is 1.30. The van der Waals surface area contributed by atoms with Crippen LogP contribution in [-0.2, 0) is 14.3 Å². The summed E-state index contributed by atoms with van der Waals surface area (Å²) in [5.41, 5.74) is 0.232. The van der Waals surface area contributed by atoms with E-state index in [2.05, 4.69) is 15.9 Å². The Bertz CT molecular complexity index is 707. The topological polar surface area (TPSA) is 63.7 Å². The SMILES string of the molecule is COC(=O)[C@@H]1CCCN1C(=O)[C@@H](CC(=O)c1ccc(Br)c(F)c1)C(C)C. The lowest BCUT2D eigenvalue weighted by atomic mass is 9.87. The van der Waals surface area contributed by atoms with Gasteiger partial charge in [0.2, 0.25) is 5.91 Å². The third kappa shape index (κ3) is 4.50. The molecule has 1 amide bonds. The summed E-state index contributed by atoms with van der Waals surface area (Å²) >= 11 is 3.06. The molecule has 0 aliphatic carbocycles. The van der Waals surface area contributed by atoms with Gasteiger partial charge in [0.05, 0.1) is 11.6 Å². The highest BCUT2D eigenvalue weighted by Gasteiger charge is 2.39. The van der Waals surface area contributed by atoms with E-state index in [-0.39, 0.29) is 34.1 Å². The Morgan fingerprint density at radius 1 is 1.35 bits per heavy atom. The van der Waals surface area contributed by atoms with E-state index in [0.29, 0.717) is 13.0 Å². The molecule has 0 radical (unpaired) electrons. The predicted octanol–water partition coefficient (Wildman–Crippen LogP) is 3.60. The predicted molar refractivity (Wildman–Crippen MR) is 98.1 cm³/mol. The van der Waals surface area contributed by atoms with Crippen molar-refractivity contribution < 1.29 is 23.5 Å². The fourth-order valence-corrected chi connectivity index (χ4v) is 3.47. The van der Waals surface area contributed by atoms with Crippen LogP contribution in [0.1, 0.15) is 43.5 Å². The number of carbonyl (C=O) groups excluding carboxylic acids is 3. The van der Waals surface area contributed by atoms with Gasteiger partial charge in [0.15, 0.2) is 5.78 Å². The van der Waals surface area contributed by atoms with Crippen molar-refractivity contribution in [2.75, 3.05) is 13.7 Å². The van der Waals surface area contributed by atoms with Crippen LogP contribution in [0.15, 0.2) is 22.7 Å². The van der Waals surface area contributed by atoms with E-state index in [1.54, 1.807) is 0 Å². The summed E-state index contributed by atoms with van der Waals surface area (Å²) < 4.78 is 18.8.